The maximum absolute atomic E-state index is 5.39. The maximum atomic E-state index is 5.39. The lowest BCUT2D eigenvalue weighted by atomic mass is 10.1. The fourth-order valence-corrected chi connectivity index (χ4v) is 2.93. The number of aromatic nitrogens is 4. The topological polar surface area (TPSA) is 67.6 Å². The molecule has 0 radical (unpaired) electrons. The summed E-state index contributed by atoms with van der Waals surface area (Å²) < 4.78 is 5.39. The monoisotopic (exact) mass is 282 g/mol. The van der Waals surface area contributed by atoms with E-state index in [1.807, 2.05) is 30.3 Å². The van der Waals surface area contributed by atoms with Crippen molar-refractivity contribution in [3.05, 3.63) is 41.4 Å². The molecular formula is C14H10N4OS. The summed E-state index contributed by atoms with van der Waals surface area (Å²) in [5, 5.41) is 12.1. The predicted molar refractivity (Wildman–Crippen MR) is 77.4 cm³/mol. The molecule has 0 amide bonds. The quantitative estimate of drug-likeness (QED) is 0.609. The van der Waals surface area contributed by atoms with Gasteiger partial charge in [0.1, 0.15) is 0 Å². The Labute approximate surface area is 118 Å². The highest BCUT2D eigenvalue weighted by molar-refractivity contribution is 7.15. The Morgan fingerprint density at radius 1 is 1.20 bits per heavy atom. The van der Waals surface area contributed by atoms with Crippen LogP contribution in [0.15, 0.2) is 41.1 Å². The van der Waals surface area contributed by atoms with Crippen LogP contribution in [0.25, 0.3) is 33.1 Å². The number of fused-ring (bicyclic) bond motifs is 1. The Balaban J connectivity index is 1.84. The first kappa shape index (κ1) is 11.4. The molecule has 98 valence electrons. The summed E-state index contributed by atoms with van der Waals surface area (Å²) in [4.78, 5) is 6.71. The van der Waals surface area contributed by atoms with Crippen molar-refractivity contribution in [2.24, 2.45) is 0 Å². The third kappa shape index (κ3) is 1.73. The average molecular weight is 282 g/mol. The van der Waals surface area contributed by atoms with Gasteiger partial charge in [0.2, 0.25) is 5.82 Å². The van der Waals surface area contributed by atoms with Crippen LogP contribution in [0, 0.1) is 6.92 Å². The first-order chi connectivity index (χ1) is 9.81. The number of thiophene rings is 1. The SMILES string of the molecule is Cc1ccc(-c2noc(-c3cccc4cn[nH]c34)n2)s1. The zero-order valence-corrected chi connectivity index (χ0v) is 11.4. The van der Waals surface area contributed by atoms with Gasteiger partial charge in [-0.25, -0.2) is 0 Å². The van der Waals surface area contributed by atoms with E-state index in [2.05, 4.69) is 27.3 Å². The van der Waals surface area contributed by atoms with E-state index in [0.29, 0.717) is 11.7 Å². The number of H-pyrrole nitrogens is 1. The smallest absolute Gasteiger partial charge is 0.260 e. The van der Waals surface area contributed by atoms with Crippen LogP contribution in [0.5, 0.6) is 0 Å². The number of para-hydroxylation sites is 1. The Hall–Kier alpha value is -2.47. The van der Waals surface area contributed by atoms with Crippen LogP contribution in [0.3, 0.4) is 0 Å². The summed E-state index contributed by atoms with van der Waals surface area (Å²) in [5.41, 5.74) is 1.78. The third-order valence-electron chi connectivity index (χ3n) is 3.09. The minimum atomic E-state index is 0.501. The largest absolute Gasteiger partial charge is 0.334 e. The Morgan fingerprint density at radius 3 is 3.00 bits per heavy atom. The van der Waals surface area contributed by atoms with Crippen molar-refractivity contribution in [2.45, 2.75) is 6.92 Å². The van der Waals surface area contributed by atoms with E-state index in [4.69, 9.17) is 4.52 Å². The number of hydrogen-bond donors (Lipinski definition) is 1. The van der Waals surface area contributed by atoms with Gasteiger partial charge in [0, 0.05) is 10.3 Å². The van der Waals surface area contributed by atoms with Crippen molar-refractivity contribution in [3.63, 3.8) is 0 Å². The van der Waals surface area contributed by atoms with E-state index in [1.54, 1.807) is 17.5 Å². The van der Waals surface area contributed by atoms with Gasteiger partial charge in [-0.1, -0.05) is 17.3 Å². The summed E-state index contributed by atoms with van der Waals surface area (Å²) >= 11 is 1.65. The minimum absolute atomic E-state index is 0.501. The fraction of sp³-hybridized carbons (Fsp3) is 0.0714. The van der Waals surface area contributed by atoms with E-state index in [-0.39, 0.29) is 0 Å². The van der Waals surface area contributed by atoms with Gasteiger partial charge in [0.05, 0.1) is 22.2 Å². The van der Waals surface area contributed by atoms with Gasteiger partial charge in [-0.2, -0.15) is 10.1 Å². The standard InChI is InChI=1S/C14H10N4OS/c1-8-5-6-11(20-8)13-16-14(19-18-13)10-4-2-3-9-7-15-17-12(9)10/h2-7H,1H3,(H,15,17). The highest BCUT2D eigenvalue weighted by Crippen LogP contribution is 2.30. The molecule has 4 aromatic rings. The molecule has 0 saturated carbocycles. The average Bonchev–Trinajstić information content (AvgIpc) is 3.17. The van der Waals surface area contributed by atoms with Crippen LogP contribution < -0.4 is 0 Å². The fourth-order valence-electron chi connectivity index (χ4n) is 2.13. The normalized spacial score (nSPS) is 11.2. The molecular weight excluding hydrogens is 272 g/mol. The lowest BCUT2D eigenvalue weighted by Gasteiger charge is -1.95. The molecule has 4 rings (SSSR count). The lowest BCUT2D eigenvalue weighted by Crippen LogP contribution is -1.81. The molecule has 0 atom stereocenters. The summed E-state index contributed by atoms with van der Waals surface area (Å²) in [6.45, 7) is 2.06. The van der Waals surface area contributed by atoms with E-state index in [0.717, 1.165) is 21.3 Å². The van der Waals surface area contributed by atoms with Crippen LogP contribution in [0.4, 0.5) is 0 Å². The molecule has 20 heavy (non-hydrogen) atoms. The zero-order valence-electron chi connectivity index (χ0n) is 10.6. The van der Waals surface area contributed by atoms with Crippen LogP contribution in [0.2, 0.25) is 0 Å². The summed E-state index contributed by atoms with van der Waals surface area (Å²) in [6, 6.07) is 9.93. The molecule has 0 fully saturated rings. The Bertz CT molecular complexity index is 889. The number of nitrogens with one attached hydrogen (secondary N) is 1. The first-order valence-corrected chi connectivity index (χ1v) is 6.96. The van der Waals surface area contributed by atoms with Gasteiger partial charge in [-0.05, 0) is 25.1 Å². The van der Waals surface area contributed by atoms with Gasteiger partial charge in [-0.15, -0.1) is 11.3 Å². The van der Waals surface area contributed by atoms with Crippen LogP contribution in [0.1, 0.15) is 4.88 Å². The molecule has 5 nitrogen and oxygen atoms in total. The summed E-state index contributed by atoms with van der Waals surface area (Å²) in [6.07, 6.45) is 1.78. The van der Waals surface area contributed by atoms with Crippen molar-refractivity contribution in [3.8, 4) is 22.2 Å². The second kappa shape index (κ2) is 4.28. The predicted octanol–water partition coefficient (Wildman–Crippen LogP) is 3.65. The number of benzene rings is 1. The van der Waals surface area contributed by atoms with Crippen molar-refractivity contribution < 1.29 is 4.52 Å². The number of aryl methyl sites for hydroxylation is 1. The molecule has 0 spiro atoms. The van der Waals surface area contributed by atoms with Crippen molar-refractivity contribution in [1.29, 1.82) is 0 Å². The number of hydrogen-bond acceptors (Lipinski definition) is 5. The molecule has 3 heterocycles. The highest BCUT2D eigenvalue weighted by atomic mass is 32.1. The molecule has 0 unspecified atom stereocenters. The lowest BCUT2D eigenvalue weighted by molar-refractivity contribution is 0.433. The summed E-state index contributed by atoms with van der Waals surface area (Å²) in [7, 11) is 0. The Kier molecular flexibility index (Phi) is 2.43. The molecule has 0 saturated heterocycles. The van der Waals surface area contributed by atoms with Crippen molar-refractivity contribution >= 4 is 22.2 Å². The molecule has 0 bridgehead atoms. The Morgan fingerprint density at radius 2 is 2.15 bits per heavy atom. The molecule has 0 aliphatic carbocycles. The minimum Gasteiger partial charge on any atom is -0.334 e. The van der Waals surface area contributed by atoms with Crippen LogP contribution >= 0.6 is 11.3 Å². The van der Waals surface area contributed by atoms with E-state index in [1.165, 1.54) is 4.88 Å². The number of nitrogens with zero attached hydrogens (tertiary/aromatic N) is 3. The van der Waals surface area contributed by atoms with Gasteiger partial charge in [0.25, 0.3) is 5.89 Å². The van der Waals surface area contributed by atoms with Crippen LogP contribution in [-0.4, -0.2) is 20.3 Å². The molecule has 0 aliphatic rings. The third-order valence-corrected chi connectivity index (χ3v) is 4.09. The van der Waals surface area contributed by atoms with Crippen molar-refractivity contribution in [2.75, 3.05) is 0 Å². The molecule has 1 N–H and O–H groups in total. The second-order valence-electron chi connectivity index (χ2n) is 4.47. The number of aromatic amines is 1. The highest BCUT2D eigenvalue weighted by Gasteiger charge is 2.14. The van der Waals surface area contributed by atoms with E-state index >= 15 is 0 Å². The first-order valence-electron chi connectivity index (χ1n) is 6.14. The van der Waals surface area contributed by atoms with E-state index < -0.39 is 0 Å². The molecule has 1 aromatic carbocycles. The summed E-state index contributed by atoms with van der Waals surface area (Å²) in [5.74, 6) is 1.12. The van der Waals surface area contributed by atoms with Gasteiger partial charge < -0.3 is 4.52 Å². The maximum Gasteiger partial charge on any atom is 0.260 e. The van der Waals surface area contributed by atoms with Gasteiger partial charge in [0.15, 0.2) is 0 Å². The van der Waals surface area contributed by atoms with Crippen LogP contribution in [-0.2, 0) is 0 Å². The molecule has 6 heteroatoms. The zero-order chi connectivity index (χ0) is 13.5. The van der Waals surface area contributed by atoms with Crippen molar-refractivity contribution in [1.82, 2.24) is 20.3 Å². The van der Waals surface area contributed by atoms with Gasteiger partial charge in [-0.3, -0.25) is 5.10 Å². The number of rotatable bonds is 2. The second-order valence-corrected chi connectivity index (χ2v) is 5.76. The van der Waals surface area contributed by atoms with Gasteiger partial charge >= 0.3 is 0 Å². The van der Waals surface area contributed by atoms with E-state index in [9.17, 15) is 0 Å². The molecule has 3 aromatic heterocycles. The molecule has 0 aliphatic heterocycles.